The topological polar surface area (TPSA) is 76.7 Å². The van der Waals surface area contributed by atoms with E-state index in [4.69, 9.17) is 5.73 Å². The molecule has 0 amide bonds. The van der Waals surface area contributed by atoms with Crippen LogP contribution in [0.25, 0.3) is 0 Å². The second kappa shape index (κ2) is 5.18. The molecule has 0 saturated carbocycles. The van der Waals surface area contributed by atoms with Crippen LogP contribution in [0.5, 0.6) is 0 Å². The van der Waals surface area contributed by atoms with Crippen molar-refractivity contribution >= 4 is 11.8 Å². The highest BCUT2D eigenvalue weighted by molar-refractivity contribution is 7.99. The van der Waals surface area contributed by atoms with E-state index < -0.39 is 0 Å². The number of aromatic amines is 1. The first kappa shape index (κ1) is 13.8. The lowest BCUT2D eigenvalue weighted by atomic mass is 10.1. The van der Waals surface area contributed by atoms with Gasteiger partial charge in [-0.1, -0.05) is 0 Å². The Morgan fingerprint density at radius 1 is 1.53 bits per heavy atom. The summed E-state index contributed by atoms with van der Waals surface area (Å²) in [5.74, 6) is -0.285. The highest BCUT2D eigenvalue weighted by atomic mass is 32.2. The molecular formula is C12H15FN4OS. The number of H-pyrrole nitrogens is 1. The molecule has 1 heterocycles. The molecule has 0 fully saturated rings. The second-order valence-electron chi connectivity index (χ2n) is 4.40. The maximum Gasteiger partial charge on any atom is 0.343 e. The number of hydrogen-bond donors (Lipinski definition) is 2. The van der Waals surface area contributed by atoms with Crippen LogP contribution in [0.1, 0.15) is 24.1 Å². The maximum absolute atomic E-state index is 13.6. The van der Waals surface area contributed by atoms with Gasteiger partial charge in [-0.05, 0) is 48.9 Å². The van der Waals surface area contributed by atoms with E-state index in [1.54, 1.807) is 27.0 Å². The summed E-state index contributed by atoms with van der Waals surface area (Å²) in [6.07, 6.45) is 0. The van der Waals surface area contributed by atoms with E-state index in [1.807, 2.05) is 0 Å². The molecule has 7 heteroatoms. The standard InChI is InChI=1S/C12H15FN4OS/c1-6-4-10(8(7(2)14)5-9(6)13)19-12-16-15-11(18)17(12)3/h4-5,7H,14H2,1-3H3,(H,15,18)/t7-/m0/s1. The SMILES string of the molecule is Cc1cc(Sc2n[nH]c(=O)n2C)c([C@H](C)N)cc1F. The molecule has 2 rings (SSSR count). The largest absolute Gasteiger partial charge is 0.343 e. The van der Waals surface area contributed by atoms with Gasteiger partial charge in [0.05, 0.1) is 0 Å². The van der Waals surface area contributed by atoms with E-state index >= 15 is 0 Å². The predicted molar refractivity (Wildman–Crippen MR) is 71.7 cm³/mol. The van der Waals surface area contributed by atoms with Gasteiger partial charge in [0.15, 0.2) is 5.16 Å². The van der Waals surface area contributed by atoms with E-state index in [-0.39, 0.29) is 17.5 Å². The van der Waals surface area contributed by atoms with Gasteiger partial charge in [0.1, 0.15) is 5.82 Å². The molecule has 102 valence electrons. The zero-order chi connectivity index (χ0) is 14.2. The Bertz CT molecular complexity index is 662. The van der Waals surface area contributed by atoms with E-state index in [0.717, 1.165) is 4.90 Å². The van der Waals surface area contributed by atoms with Gasteiger partial charge in [0.2, 0.25) is 0 Å². The van der Waals surface area contributed by atoms with Gasteiger partial charge < -0.3 is 5.73 Å². The molecule has 19 heavy (non-hydrogen) atoms. The molecule has 1 aromatic heterocycles. The Hall–Kier alpha value is -1.60. The number of nitrogens with zero attached hydrogens (tertiary/aromatic N) is 2. The number of nitrogens with two attached hydrogens (primary N) is 1. The van der Waals surface area contributed by atoms with Crippen molar-refractivity contribution < 1.29 is 4.39 Å². The summed E-state index contributed by atoms with van der Waals surface area (Å²) in [5, 5.41) is 6.79. The number of aryl methyl sites for hydroxylation is 1. The molecular weight excluding hydrogens is 267 g/mol. The van der Waals surface area contributed by atoms with Gasteiger partial charge in [-0.15, -0.1) is 5.10 Å². The Morgan fingerprint density at radius 3 is 2.74 bits per heavy atom. The van der Waals surface area contributed by atoms with Crippen LogP contribution in [0.4, 0.5) is 4.39 Å². The lowest BCUT2D eigenvalue weighted by Gasteiger charge is -2.13. The van der Waals surface area contributed by atoms with Crippen molar-refractivity contribution in [3.05, 3.63) is 39.6 Å². The highest BCUT2D eigenvalue weighted by Crippen LogP contribution is 2.32. The summed E-state index contributed by atoms with van der Waals surface area (Å²) in [6, 6.07) is 2.86. The summed E-state index contributed by atoms with van der Waals surface area (Å²) in [5.41, 5.74) is 6.80. The molecule has 1 atom stereocenters. The molecule has 1 aromatic carbocycles. The van der Waals surface area contributed by atoms with Crippen LogP contribution in [-0.4, -0.2) is 14.8 Å². The van der Waals surface area contributed by atoms with Gasteiger partial charge in [-0.25, -0.2) is 14.3 Å². The van der Waals surface area contributed by atoms with Crippen molar-refractivity contribution in [3.63, 3.8) is 0 Å². The van der Waals surface area contributed by atoms with Crippen LogP contribution < -0.4 is 11.4 Å². The second-order valence-corrected chi connectivity index (χ2v) is 5.41. The quantitative estimate of drug-likeness (QED) is 0.898. The molecule has 0 bridgehead atoms. The van der Waals surface area contributed by atoms with Crippen molar-refractivity contribution in [2.45, 2.75) is 29.9 Å². The van der Waals surface area contributed by atoms with Crippen LogP contribution in [-0.2, 0) is 7.05 Å². The minimum atomic E-state index is -0.298. The number of halogens is 1. The van der Waals surface area contributed by atoms with Crippen LogP contribution in [0, 0.1) is 12.7 Å². The van der Waals surface area contributed by atoms with E-state index in [2.05, 4.69) is 10.2 Å². The molecule has 0 saturated heterocycles. The first-order chi connectivity index (χ1) is 8.90. The molecule has 0 radical (unpaired) electrons. The fourth-order valence-electron chi connectivity index (χ4n) is 1.64. The van der Waals surface area contributed by atoms with Crippen LogP contribution >= 0.6 is 11.8 Å². The Balaban J connectivity index is 2.47. The van der Waals surface area contributed by atoms with Gasteiger partial charge in [-0.2, -0.15) is 0 Å². The predicted octanol–water partition coefficient (Wildman–Crippen LogP) is 1.73. The average Bonchev–Trinajstić information content (AvgIpc) is 2.65. The van der Waals surface area contributed by atoms with Crippen molar-refractivity contribution in [1.82, 2.24) is 14.8 Å². The smallest absolute Gasteiger partial charge is 0.324 e. The monoisotopic (exact) mass is 282 g/mol. The van der Waals surface area contributed by atoms with Crippen LogP contribution in [0.2, 0.25) is 0 Å². The number of rotatable bonds is 3. The fourth-order valence-corrected chi connectivity index (χ4v) is 2.74. The third-order valence-corrected chi connectivity index (χ3v) is 3.94. The molecule has 0 spiro atoms. The third kappa shape index (κ3) is 2.71. The zero-order valence-corrected chi connectivity index (χ0v) is 11.7. The number of nitrogens with one attached hydrogen (secondary N) is 1. The van der Waals surface area contributed by atoms with Crippen LogP contribution in [0.15, 0.2) is 27.0 Å². The molecule has 0 aliphatic rings. The molecule has 0 aliphatic heterocycles. The summed E-state index contributed by atoms with van der Waals surface area (Å²) >= 11 is 1.29. The van der Waals surface area contributed by atoms with Crippen molar-refractivity contribution in [2.75, 3.05) is 0 Å². The summed E-state index contributed by atoms with van der Waals surface area (Å²) in [7, 11) is 1.62. The average molecular weight is 282 g/mol. The Morgan fingerprint density at radius 2 is 2.21 bits per heavy atom. The normalized spacial score (nSPS) is 12.7. The van der Waals surface area contributed by atoms with E-state index in [9.17, 15) is 9.18 Å². The lowest BCUT2D eigenvalue weighted by Crippen LogP contribution is -2.13. The first-order valence-electron chi connectivity index (χ1n) is 5.75. The van der Waals surface area contributed by atoms with E-state index in [0.29, 0.717) is 16.3 Å². The first-order valence-corrected chi connectivity index (χ1v) is 6.56. The molecule has 0 unspecified atom stereocenters. The Kier molecular flexibility index (Phi) is 3.77. The molecule has 5 nitrogen and oxygen atoms in total. The lowest BCUT2D eigenvalue weighted by molar-refractivity contribution is 0.610. The van der Waals surface area contributed by atoms with Gasteiger partial charge in [0.25, 0.3) is 0 Å². The fraction of sp³-hybridized carbons (Fsp3) is 0.333. The molecule has 3 N–H and O–H groups in total. The van der Waals surface area contributed by atoms with Crippen molar-refractivity contribution in [2.24, 2.45) is 12.8 Å². The number of benzene rings is 1. The van der Waals surface area contributed by atoms with E-state index in [1.165, 1.54) is 22.4 Å². The van der Waals surface area contributed by atoms with Gasteiger partial charge in [0, 0.05) is 18.0 Å². The van der Waals surface area contributed by atoms with Gasteiger partial charge >= 0.3 is 5.69 Å². The van der Waals surface area contributed by atoms with Crippen LogP contribution in [0.3, 0.4) is 0 Å². The highest BCUT2D eigenvalue weighted by Gasteiger charge is 2.14. The summed E-state index contributed by atoms with van der Waals surface area (Å²) < 4.78 is 15.0. The van der Waals surface area contributed by atoms with Crippen molar-refractivity contribution in [3.8, 4) is 0 Å². The minimum absolute atomic E-state index is 0.285. The molecule has 2 aromatic rings. The molecule has 0 aliphatic carbocycles. The zero-order valence-electron chi connectivity index (χ0n) is 10.9. The Labute approximate surface area is 114 Å². The maximum atomic E-state index is 13.6. The summed E-state index contributed by atoms with van der Waals surface area (Å²) in [4.78, 5) is 12.1. The third-order valence-electron chi connectivity index (χ3n) is 2.82. The summed E-state index contributed by atoms with van der Waals surface area (Å²) in [6.45, 7) is 3.48. The minimum Gasteiger partial charge on any atom is -0.324 e. The number of aromatic nitrogens is 3. The number of hydrogen-bond acceptors (Lipinski definition) is 4. The van der Waals surface area contributed by atoms with Gasteiger partial charge in [-0.3, -0.25) is 4.57 Å². The van der Waals surface area contributed by atoms with Crippen molar-refractivity contribution in [1.29, 1.82) is 0 Å².